The molecule has 0 saturated carbocycles. The number of benzene rings is 1. The lowest BCUT2D eigenvalue weighted by Crippen LogP contribution is -2.43. The van der Waals surface area contributed by atoms with E-state index in [0.717, 1.165) is 38.2 Å². The predicted molar refractivity (Wildman–Crippen MR) is 111 cm³/mol. The highest BCUT2D eigenvalue weighted by Crippen LogP contribution is 2.41. The van der Waals surface area contributed by atoms with Crippen molar-refractivity contribution in [2.45, 2.75) is 19.3 Å². The van der Waals surface area contributed by atoms with Gasteiger partial charge < -0.3 is 26.0 Å². The lowest BCUT2D eigenvalue weighted by molar-refractivity contribution is 0.0984. The number of piperidine rings is 1. The number of nitrogens with one attached hydrogen (secondary N) is 1. The van der Waals surface area contributed by atoms with Gasteiger partial charge in [0, 0.05) is 32.4 Å². The van der Waals surface area contributed by atoms with Gasteiger partial charge in [-0.15, -0.1) is 0 Å². The molecule has 2 aromatic rings. The van der Waals surface area contributed by atoms with Crippen LogP contribution in [0.1, 0.15) is 29.6 Å². The lowest BCUT2D eigenvalue weighted by atomic mass is 9.78. The average Bonchev–Trinajstić information content (AvgIpc) is 3.13. The number of carbonyl (C=O) groups excluding carboxylic acids is 1. The summed E-state index contributed by atoms with van der Waals surface area (Å²) in [7, 11) is 0. The molecule has 8 heteroatoms. The first-order chi connectivity index (χ1) is 14.0. The van der Waals surface area contributed by atoms with Crippen molar-refractivity contribution >= 4 is 29.2 Å². The summed E-state index contributed by atoms with van der Waals surface area (Å²) in [5.41, 5.74) is 7.60. The largest absolute Gasteiger partial charge is 0.465 e. The highest BCUT2D eigenvalue weighted by atomic mass is 16.4. The minimum absolute atomic E-state index is 0.161. The van der Waals surface area contributed by atoms with E-state index >= 15 is 0 Å². The zero-order valence-corrected chi connectivity index (χ0v) is 16.2. The van der Waals surface area contributed by atoms with Crippen LogP contribution in [0.25, 0.3) is 0 Å². The molecule has 0 radical (unpaired) electrons. The van der Waals surface area contributed by atoms with E-state index in [9.17, 15) is 9.59 Å². The third-order valence-electron chi connectivity index (χ3n) is 6.08. The van der Waals surface area contributed by atoms with Crippen LogP contribution in [-0.2, 0) is 0 Å². The topological polar surface area (TPSA) is 112 Å². The number of nitrogens with zero attached hydrogens (tertiary/aromatic N) is 3. The summed E-state index contributed by atoms with van der Waals surface area (Å²) in [6, 6.07) is 10.8. The van der Waals surface area contributed by atoms with E-state index in [1.165, 1.54) is 4.90 Å². The lowest BCUT2D eigenvalue weighted by Gasteiger charge is -2.38. The second-order valence-corrected chi connectivity index (χ2v) is 7.89. The van der Waals surface area contributed by atoms with Crippen LogP contribution in [0.15, 0.2) is 42.6 Å². The minimum atomic E-state index is -0.831. The molecule has 4 N–H and O–H groups in total. The zero-order valence-electron chi connectivity index (χ0n) is 16.2. The first-order valence-corrected chi connectivity index (χ1v) is 9.81. The summed E-state index contributed by atoms with van der Waals surface area (Å²) >= 11 is 0. The van der Waals surface area contributed by atoms with Gasteiger partial charge in [0.1, 0.15) is 5.82 Å². The summed E-state index contributed by atoms with van der Waals surface area (Å²) in [6.45, 7) is 2.96. The van der Waals surface area contributed by atoms with Gasteiger partial charge >= 0.3 is 6.09 Å². The number of nitrogen functional groups attached to an aromatic ring is 1. The third kappa shape index (κ3) is 3.96. The molecule has 8 nitrogen and oxygen atoms in total. The Morgan fingerprint density at radius 3 is 2.45 bits per heavy atom. The smallest absolute Gasteiger partial charge is 0.407 e. The number of hydrogen-bond donors (Lipinski definition) is 3. The van der Waals surface area contributed by atoms with Gasteiger partial charge in [-0.2, -0.15) is 0 Å². The maximum atomic E-state index is 12.5. The Morgan fingerprint density at radius 1 is 1.07 bits per heavy atom. The van der Waals surface area contributed by atoms with Crippen molar-refractivity contribution in [1.29, 1.82) is 0 Å². The van der Waals surface area contributed by atoms with Crippen LogP contribution in [0.5, 0.6) is 0 Å². The molecule has 4 rings (SSSR count). The maximum Gasteiger partial charge on any atom is 0.407 e. The SMILES string of the molecule is Nc1ccccc1NC(=O)c1ccc(N2CCC3(CCN(C(=O)O)CC3)C2)nc1. The summed E-state index contributed by atoms with van der Waals surface area (Å²) in [5, 5.41) is 11.9. The van der Waals surface area contributed by atoms with E-state index in [0.29, 0.717) is 30.0 Å². The van der Waals surface area contributed by atoms with Crippen molar-refractivity contribution in [3.63, 3.8) is 0 Å². The fourth-order valence-electron chi connectivity index (χ4n) is 4.22. The van der Waals surface area contributed by atoms with Crippen molar-refractivity contribution < 1.29 is 14.7 Å². The van der Waals surface area contributed by atoms with Crippen LogP contribution in [0.2, 0.25) is 0 Å². The molecular weight excluding hydrogens is 370 g/mol. The molecule has 1 aromatic carbocycles. The summed E-state index contributed by atoms with van der Waals surface area (Å²) in [5.74, 6) is 0.596. The minimum Gasteiger partial charge on any atom is -0.465 e. The monoisotopic (exact) mass is 395 g/mol. The maximum absolute atomic E-state index is 12.5. The van der Waals surface area contributed by atoms with Crippen LogP contribution in [-0.4, -0.2) is 53.2 Å². The molecular formula is C21H25N5O3. The number of anilines is 3. The molecule has 29 heavy (non-hydrogen) atoms. The van der Waals surface area contributed by atoms with E-state index in [2.05, 4.69) is 15.2 Å². The number of pyridine rings is 1. The highest BCUT2D eigenvalue weighted by molar-refractivity contribution is 6.05. The second-order valence-electron chi connectivity index (χ2n) is 7.89. The second kappa shape index (κ2) is 7.62. The predicted octanol–water partition coefficient (Wildman–Crippen LogP) is 2.89. The van der Waals surface area contributed by atoms with Crippen molar-refractivity contribution in [2.75, 3.05) is 42.1 Å². The van der Waals surface area contributed by atoms with E-state index in [4.69, 9.17) is 10.8 Å². The molecule has 3 heterocycles. The van der Waals surface area contributed by atoms with E-state index in [1.54, 1.807) is 24.4 Å². The van der Waals surface area contributed by atoms with Gasteiger partial charge in [-0.25, -0.2) is 9.78 Å². The molecule has 0 bridgehead atoms. The first kappa shape index (κ1) is 19.0. The number of carbonyl (C=O) groups is 2. The van der Waals surface area contributed by atoms with Crippen molar-refractivity contribution in [1.82, 2.24) is 9.88 Å². The Balaban J connectivity index is 1.38. The molecule has 0 aliphatic carbocycles. The Labute approximate surface area is 169 Å². The number of likely N-dealkylation sites (tertiary alicyclic amines) is 1. The number of para-hydroxylation sites is 2. The molecule has 1 spiro atoms. The van der Waals surface area contributed by atoms with Gasteiger partial charge in [-0.3, -0.25) is 4.79 Å². The molecule has 2 fully saturated rings. The zero-order chi connectivity index (χ0) is 20.4. The van der Waals surface area contributed by atoms with Gasteiger partial charge in [0.2, 0.25) is 0 Å². The van der Waals surface area contributed by atoms with E-state index in [-0.39, 0.29) is 11.3 Å². The molecule has 1 aromatic heterocycles. The highest BCUT2D eigenvalue weighted by Gasteiger charge is 2.41. The molecule has 2 amide bonds. The van der Waals surface area contributed by atoms with E-state index < -0.39 is 6.09 Å². The van der Waals surface area contributed by atoms with Crippen LogP contribution in [0.3, 0.4) is 0 Å². The summed E-state index contributed by atoms with van der Waals surface area (Å²) in [4.78, 5) is 31.8. The summed E-state index contributed by atoms with van der Waals surface area (Å²) in [6.07, 6.45) is 3.56. The van der Waals surface area contributed by atoms with Crippen molar-refractivity contribution in [2.24, 2.45) is 5.41 Å². The van der Waals surface area contributed by atoms with Gasteiger partial charge in [-0.1, -0.05) is 12.1 Å². The Morgan fingerprint density at radius 2 is 1.79 bits per heavy atom. The normalized spacial score (nSPS) is 18.1. The fourth-order valence-corrected chi connectivity index (χ4v) is 4.22. The number of rotatable bonds is 3. The number of hydrogen-bond acceptors (Lipinski definition) is 5. The van der Waals surface area contributed by atoms with Gasteiger partial charge in [-0.05, 0) is 48.9 Å². The van der Waals surface area contributed by atoms with Crippen LogP contribution < -0.4 is 16.0 Å². The third-order valence-corrected chi connectivity index (χ3v) is 6.08. The number of nitrogens with two attached hydrogens (primary N) is 1. The van der Waals surface area contributed by atoms with Crippen LogP contribution in [0, 0.1) is 5.41 Å². The summed E-state index contributed by atoms with van der Waals surface area (Å²) < 4.78 is 0. The standard InChI is InChI=1S/C21H25N5O3/c22-16-3-1-2-4-17(16)24-19(27)15-5-6-18(23-13-15)26-12-9-21(14-26)7-10-25(11-8-21)20(28)29/h1-6,13H,7-12,14,22H2,(H,24,27)(H,28,29). The van der Waals surface area contributed by atoms with Crippen LogP contribution >= 0.6 is 0 Å². The van der Waals surface area contributed by atoms with Crippen molar-refractivity contribution in [3.8, 4) is 0 Å². The number of carboxylic acid groups (broad SMARTS) is 1. The Bertz CT molecular complexity index is 907. The fraction of sp³-hybridized carbons (Fsp3) is 0.381. The van der Waals surface area contributed by atoms with Gasteiger partial charge in [0.05, 0.1) is 16.9 Å². The van der Waals surface area contributed by atoms with Gasteiger partial charge in [0.25, 0.3) is 5.91 Å². The molecule has 2 saturated heterocycles. The Hall–Kier alpha value is -3.29. The number of aromatic nitrogens is 1. The first-order valence-electron chi connectivity index (χ1n) is 9.81. The average molecular weight is 395 g/mol. The quantitative estimate of drug-likeness (QED) is 0.689. The Kier molecular flexibility index (Phi) is 5.00. The molecule has 0 atom stereocenters. The molecule has 2 aliphatic rings. The molecule has 152 valence electrons. The number of amides is 2. The van der Waals surface area contributed by atoms with E-state index in [1.807, 2.05) is 18.2 Å². The molecule has 0 unspecified atom stereocenters. The van der Waals surface area contributed by atoms with Crippen LogP contribution in [0.4, 0.5) is 22.0 Å². The molecule has 2 aliphatic heterocycles. The van der Waals surface area contributed by atoms with Crippen molar-refractivity contribution in [3.05, 3.63) is 48.2 Å². The van der Waals surface area contributed by atoms with Gasteiger partial charge in [0.15, 0.2) is 0 Å².